The smallest absolute Gasteiger partial charge is 0.221 e. The van der Waals surface area contributed by atoms with Gasteiger partial charge in [0.15, 0.2) is 5.82 Å². The van der Waals surface area contributed by atoms with E-state index in [1.165, 1.54) is 30.6 Å². The lowest BCUT2D eigenvalue weighted by Crippen LogP contribution is -2.19. The number of amides is 1. The molecule has 0 fully saturated rings. The Morgan fingerprint density at radius 2 is 1.84 bits per heavy atom. The Morgan fingerprint density at radius 1 is 1.16 bits per heavy atom. The van der Waals surface area contributed by atoms with Crippen molar-refractivity contribution in [2.45, 2.75) is 45.8 Å². The van der Waals surface area contributed by atoms with Gasteiger partial charge in [-0.1, -0.05) is 23.7 Å². The minimum Gasteiger partial charge on any atom is -0.382 e. The van der Waals surface area contributed by atoms with Crippen LogP contribution in [-0.2, 0) is 16.8 Å². The van der Waals surface area contributed by atoms with Gasteiger partial charge in [0.25, 0.3) is 0 Å². The molecule has 0 unspecified atom stereocenters. The number of halogens is 3. The second-order valence-electron chi connectivity index (χ2n) is 9.45. The summed E-state index contributed by atoms with van der Waals surface area (Å²) in [6.45, 7) is 6.55. The lowest BCUT2D eigenvalue weighted by molar-refractivity contribution is -0.117. The van der Waals surface area contributed by atoms with E-state index in [0.717, 1.165) is 0 Å². The van der Waals surface area contributed by atoms with Gasteiger partial charge in [-0.15, -0.1) is 0 Å². The molecule has 0 bridgehead atoms. The van der Waals surface area contributed by atoms with E-state index in [1.54, 1.807) is 39.8 Å². The highest BCUT2D eigenvalue weighted by Gasteiger charge is 2.22. The molecule has 0 aliphatic carbocycles. The molecule has 0 spiro atoms. The third kappa shape index (κ3) is 5.52. The molecule has 0 saturated heterocycles. The maximum Gasteiger partial charge on any atom is 0.221 e. The summed E-state index contributed by atoms with van der Waals surface area (Å²) in [7, 11) is 0. The maximum atomic E-state index is 15.1. The van der Waals surface area contributed by atoms with Gasteiger partial charge in [0.05, 0.1) is 34.4 Å². The van der Waals surface area contributed by atoms with Crippen molar-refractivity contribution in [1.29, 1.82) is 0 Å². The maximum absolute atomic E-state index is 15.1. The number of pyridine rings is 1. The van der Waals surface area contributed by atoms with Crippen molar-refractivity contribution < 1.29 is 18.7 Å². The van der Waals surface area contributed by atoms with Crippen molar-refractivity contribution in [3.05, 3.63) is 82.0 Å². The van der Waals surface area contributed by atoms with Crippen LogP contribution < -0.4 is 11.1 Å². The molecule has 7 nitrogen and oxygen atoms in total. The second-order valence-corrected chi connectivity index (χ2v) is 9.83. The van der Waals surface area contributed by atoms with Crippen LogP contribution in [0.3, 0.4) is 0 Å². The minimum absolute atomic E-state index is 0.0188. The van der Waals surface area contributed by atoms with Gasteiger partial charge in [0, 0.05) is 40.5 Å². The first-order valence-electron chi connectivity index (χ1n) is 11.5. The summed E-state index contributed by atoms with van der Waals surface area (Å²) in [4.78, 5) is 24.1. The predicted molar refractivity (Wildman–Crippen MR) is 139 cm³/mol. The highest BCUT2D eigenvalue weighted by molar-refractivity contribution is 6.35. The van der Waals surface area contributed by atoms with Gasteiger partial charge in [0.2, 0.25) is 5.91 Å². The number of nitrogens with zero attached hydrogens (tertiary/aromatic N) is 3. The first-order valence-corrected chi connectivity index (χ1v) is 11.9. The summed E-state index contributed by atoms with van der Waals surface area (Å²) in [5, 5.41) is 14.2. The Hall–Kier alpha value is -3.69. The molecule has 0 saturated carbocycles. The molecular formula is C27H26ClF2N5O2. The third-order valence-corrected chi connectivity index (χ3v) is 6.42. The number of benzene rings is 2. The largest absolute Gasteiger partial charge is 0.382 e. The standard InChI is InChI=1S/C27H26ClF2N5O2/c1-13(17-7-15(8-23(31)36)5-6-20(17)29)35-25-19-9-18(16-11-32-26(33-12-16)27(3,4)37)21(30)10-22(19)34-14(2)24(25)28/h5-7,9-13,37H,8H2,1-4H3,(H2,31,36)(H,34,35)/t13-/m1/s1. The van der Waals surface area contributed by atoms with Crippen molar-refractivity contribution >= 4 is 34.1 Å². The van der Waals surface area contributed by atoms with E-state index in [-0.39, 0.29) is 17.8 Å². The lowest BCUT2D eigenvalue weighted by atomic mass is 10.0. The van der Waals surface area contributed by atoms with E-state index in [9.17, 15) is 14.3 Å². The van der Waals surface area contributed by atoms with Crippen LogP contribution in [0.4, 0.5) is 14.5 Å². The number of aliphatic hydroxyl groups is 1. The average Bonchev–Trinajstić information content (AvgIpc) is 2.82. The summed E-state index contributed by atoms with van der Waals surface area (Å²) >= 11 is 6.63. The zero-order valence-corrected chi connectivity index (χ0v) is 21.5. The van der Waals surface area contributed by atoms with Gasteiger partial charge in [-0.3, -0.25) is 9.78 Å². The molecule has 1 atom stereocenters. The minimum atomic E-state index is -1.24. The summed E-state index contributed by atoms with van der Waals surface area (Å²) in [6, 6.07) is 6.68. The number of anilines is 1. The van der Waals surface area contributed by atoms with Crippen molar-refractivity contribution in [3.8, 4) is 11.1 Å². The highest BCUT2D eigenvalue weighted by Crippen LogP contribution is 2.38. The number of rotatable bonds is 7. The van der Waals surface area contributed by atoms with Crippen molar-refractivity contribution in [2.24, 2.45) is 5.73 Å². The molecule has 192 valence electrons. The molecule has 4 N–H and O–H groups in total. The van der Waals surface area contributed by atoms with E-state index in [2.05, 4.69) is 20.3 Å². The molecule has 10 heteroatoms. The molecule has 4 aromatic rings. The van der Waals surface area contributed by atoms with Crippen molar-refractivity contribution in [2.75, 3.05) is 5.32 Å². The van der Waals surface area contributed by atoms with Crippen LogP contribution in [0.2, 0.25) is 5.02 Å². The zero-order chi connectivity index (χ0) is 27.1. The molecule has 2 aromatic carbocycles. The van der Waals surface area contributed by atoms with Crippen LogP contribution in [0.25, 0.3) is 22.0 Å². The Labute approximate surface area is 217 Å². The first kappa shape index (κ1) is 26.4. The highest BCUT2D eigenvalue weighted by atomic mass is 35.5. The molecule has 0 aliphatic rings. The topological polar surface area (TPSA) is 114 Å². The number of nitrogens with two attached hydrogens (primary N) is 1. The predicted octanol–water partition coefficient (Wildman–Crippen LogP) is 5.36. The van der Waals surface area contributed by atoms with E-state index in [1.807, 2.05) is 0 Å². The van der Waals surface area contributed by atoms with Gasteiger partial charge >= 0.3 is 0 Å². The Kier molecular flexibility index (Phi) is 7.12. The number of hydrogen-bond donors (Lipinski definition) is 3. The zero-order valence-electron chi connectivity index (χ0n) is 20.7. The molecule has 2 heterocycles. The number of nitrogens with one attached hydrogen (secondary N) is 1. The third-order valence-electron chi connectivity index (χ3n) is 5.96. The SMILES string of the molecule is Cc1nc2cc(F)c(-c3cnc(C(C)(C)O)nc3)cc2c(N[C@H](C)c2cc(CC(N)=O)ccc2F)c1Cl. The first-order chi connectivity index (χ1) is 17.3. The molecule has 0 aliphatic heterocycles. The van der Waals surface area contributed by atoms with Gasteiger partial charge in [-0.2, -0.15) is 0 Å². The molecular weight excluding hydrogens is 500 g/mol. The normalized spacial score (nSPS) is 12.5. The quantitative estimate of drug-likeness (QED) is 0.299. The van der Waals surface area contributed by atoms with Crippen LogP contribution in [0.1, 0.15) is 49.5 Å². The van der Waals surface area contributed by atoms with E-state index in [0.29, 0.717) is 44.0 Å². The average molecular weight is 526 g/mol. The monoisotopic (exact) mass is 525 g/mol. The molecule has 2 aromatic heterocycles. The van der Waals surface area contributed by atoms with Crippen LogP contribution in [0.15, 0.2) is 42.7 Å². The summed E-state index contributed by atoms with van der Waals surface area (Å²) in [5.41, 5.74) is 6.83. The van der Waals surface area contributed by atoms with Gasteiger partial charge in [-0.25, -0.2) is 18.7 Å². The van der Waals surface area contributed by atoms with Crippen molar-refractivity contribution in [1.82, 2.24) is 15.0 Å². The van der Waals surface area contributed by atoms with Crippen LogP contribution in [0, 0.1) is 18.6 Å². The molecule has 37 heavy (non-hydrogen) atoms. The molecule has 4 rings (SSSR count). The number of primary amides is 1. The van der Waals surface area contributed by atoms with E-state index < -0.39 is 29.2 Å². The number of fused-ring (bicyclic) bond motifs is 1. The van der Waals surface area contributed by atoms with Crippen molar-refractivity contribution in [3.63, 3.8) is 0 Å². The summed E-state index contributed by atoms with van der Waals surface area (Å²) in [5.74, 6) is -1.32. The van der Waals surface area contributed by atoms with Gasteiger partial charge < -0.3 is 16.2 Å². The summed E-state index contributed by atoms with van der Waals surface area (Å²) in [6.07, 6.45) is 2.85. The number of carbonyl (C=O) groups excluding carboxylic acids is 1. The van der Waals surface area contributed by atoms with Crippen LogP contribution >= 0.6 is 11.6 Å². The fraction of sp³-hybridized carbons (Fsp3) is 0.259. The number of carbonyl (C=O) groups is 1. The Bertz CT molecular complexity index is 1500. The van der Waals surface area contributed by atoms with E-state index in [4.69, 9.17) is 17.3 Å². The number of hydrogen-bond acceptors (Lipinski definition) is 6. The van der Waals surface area contributed by atoms with E-state index >= 15 is 4.39 Å². The van der Waals surface area contributed by atoms with Gasteiger partial charge in [-0.05, 0) is 45.4 Å². The van der Waals surface area contributed by atoms with Gasteiger partial charge in [0.1, 0.15) is 17.2 Å². The Morgan fingerprint density at radius 3 is 2.46 bits per heavy atom. The number of aryl methyl sites for hydroxylation is 1. The number of aromatic nitrogens is 3. The lowest BCUT2D eigenvalue weighted by Gasteiger charge is -2.21. The second kappa shape index (κ2) is 9.99. The Balaban J connectivity index is 1.80. The molecule has 1 amide bonds. The fourth-order valence-electron chi connectivity index (χ4n) is 4.06. The summed E-state index contributed by atoms with van der Waals surface area (Å²) < 4.78 is 29.9. The fourth-order valence-corrected chi connectivity index (χ4v) is 4.26. The van der Waals surface area contributed by atoms with Crippen LogP contribution in [-0.4, -0.2) is 26.0 Å². The van der Waals surface area contributed by atoms with Crippen LogP contribution in [0.5, 0.6) is 0 Å². The molecule has 0 radical (unpaired) electrons.